The van der Waals surface area contributed by atoms with Crippen LogP contribution in [0.2, 0.25) is 0 Å². The van der Waals surface area contributed by atoms with E-state index in [9.17, 15) is 23.2 Å². The molecule has 0 radical (unpaired) electrons. The number of amides is 4. The summed E-state index contributed by atoms with van der Waals surface area (Å²) in [7, 11) is 1.52. The van der Waals surface area contributed by atoms with Crippen LogP contribution in [0.3, 0.4) is 0 Å². The summed E-state index contributed by atoms with van der Waals surface area (Å²) in [4.78, 5) is 39.8. The van der Waals surface area contributed by atoms with Gasteiger partial charge < -0.3 is 15.0 Å². The van der Waals surface area contributed by atoms with Crippen molar-refractivity contribution >= 4 is 17.8 Å². The maximum atomic E-state index is 13.2. The number of hydrogen-bond donors (Lipinski definition) is 1. The van der Waals surface area contributed by atoms with Gasteiger partial charge in [0.05, 0.1) is 6.54 Å². The van der Waals surface area contributed by atoms with E-state index in [1.807, 2.05) is 0 Å². The number of carbonyl (C=O) groups excluding carboxylic acids is 3. The van der Waals surface area contributed by atoms with E-state index < -0.39 is 35.7 Å². The molecule has 4 amide bonds. The van der Waals surface area contributed by atoms with E-state index in [4.69, 9.17) is 4.74 Å². The zero-order valence-corrected chi connectivity index (χ0v) is 16.5. The van der Waals surface area contributed by atoms with E-state index >= 15 is 0 Å². The van der Waals surface area contributed by atoms with Gasteiger partial charge in [-0.2, -0.15) is 0 Å². The summed E-state index contributed by atoms with van der Waals surface area (Å²) in [6.07, 6.45) is 0. The van der Waals surface area contributed by atoms with Gasteiger partial charge in [0.25, 0.3) is 5.91 Å². The summed E-state index contributed by atoms with van der Waals surface area (Å²) >= 11 is 0. The molecule has 1 aliphatic rings. The standard InChI is InChI=1S/C21H21F2N3O4/c1-21(14-3-5-15(22)6-4-14)19(28)26(20(29)24-21)13-18(27)25(2)11-12-30-17-9-7-16(23)8-10-17/h3-10H,11-13H2,1-2H3,(H,24,29)/t21-/m1/s1. The quantitative estimate of drug-likeness (QED) is 0.701. The largest absolute Gasteiger partial charge is 0.492 e. The Hall–Kier alpha value is -3.49. The van der Waals surface area contributed by atoms with Crippen LogP contribution in [0.4, 0.5) is 13.6 Å². The molecule has 1 aliphatic heterocycles. The molecule has 0 spiro atoms. The lowest BCUT2D eigenvalue weighted by Crippen LogP contribution is -2.44. The highest BCUT2D eigenvalue weighted by Crippen LogP contribution is 2.28. The second-order valence-electron chi connectivity index (χ2n) is 7.07. The Labute approximate surface area is 172 Å². The maximum Gasteiger partial charge on any atom is 0.325 e. The second kappa shape index (κ2) is 8.48. The van der Waals surface area contributed by atoms with Crippen molar-refractivity contribution < 1.29 is 27.9 Å². The third kappa shape index (κ3) is 4.40. The summed E-state index contributed by atoms with van der Waals surface area (Å²) in [5, 5.41) is 2.57. The highest BCUT2D eigenvalue weighted by Gasteiger charge is 2.49. The fourth-order valence-corrected chi connectivity index (χ4v) is 3.03. The van der Waals surface area contributed by atoms with Crippen molar-refractivity contribution in [2.24, 2.45) is 0 Å². The Morgan fingerprint density at radius 3 is 2.23 bits per heavy atom. The van der Waals surface area contributed by atoms with Crippen molar-refractivity contribution in [1.29, 1.82) is 0 Å². The number of urea groups is 1. The van der Waals surface area contributed by atoms with Gasteiger partial charge in [0.1, 0.15) is 36.1 Å². The number of rotatable bonds is 7. The van der Waals surface area contributed by atoms with Crippen LogP contribution in [0.25, 0.3) is 0 Å². The van der Waals surface area contributed by atoms with Crippen LogP contribution in [0.15, 0.2) is 48.5 Å². The number of hydrogen-bond acceptors (Lipinski definition) is 4. The lowest BCUT2D eigenvalue weighted by atomic mass is 9.92. The van der Waals surface area contributed by atoms with Crippen molar-refractivity contribution in [2.75, 3.05) is 26.7 Å². The first-order valence-corrected chi connectivity index (χ1v) is 9.23. The summed E-state index contributed by atoms with van der Waals surface area (Å²) in [6, 6.07) is 10.00. The molecule has 0 aliphatic carbocycles. The number of imide groups is 1. The number of benzene rings is 2. The van der Waals surface area contributed by atoms with Gasteiger partial charge in [-0.05, 0) is 48.9 Å². The van der Waals surface area contributed by atoms with Crippen LogP contribution in [-0.4, -0.2) is 54.4 Å². The highest BCUT2D eigenvalue weighted by molar-refractivity contribution is 6.09. The molecule has 1 saturated heterocycles. The predicted octanol–water partition coefficient (Wildman–Crippen LogP) is 2.27. The van der Waals surface area contributed by atoms with Gasteiger partial charge in [0.15, 0.2) is 0 Å². The lowest BCUT2D eigenvalue weighted by molar-refractivity contribution is -0.138. The molecule has 2 aromatic rings. The van der Waals surface area contributed by atoms with E-state index in [1.165, 1.54) is 67.4 Å². The van der Waals surface area contributed by atoms with Gasteiger partial charge in [0.2, 0.25) is 5.91 Å². The van der Waals surface area contributed by atoms with Crippen LogP contribution >= 0.6 is 0 Å². The normalized spacial score (nSPS) is 18.3. The third-order valence-electron chi connectivity index (χ3n) is 4.92. The summed E-state index contributed by atoms with van der Waals surface area (Å²) in [6.45, 7) is 1.43. The van der Waals surface area contributed by atoms with Gasteiger partial charge in [-0.15, -0.1) is 0 Å². The van der Waals surface area contributed by atoms with Crippen LogP contribution < -0.4 is 10.1 Å². The molecule has 3 rings (SSSR count). The van der Waals surface area contributed by atoms with E-state index in [0.717, 1.165) is 4.90 Å². The number of halogens is 2. The average molecular weight is 417 g/mol. The SMILES string of the molecule is CN(CCOc1ccc(F)cc1)C(=O)CN1C(=O)N[C@](C)(c2ccc(F)cc2)C1=O. The van der Waals surface area contributed by atoms with E-state index in [0.29, 0.717) is 11.3 Å². The minimum Gasteiger partial charge on any atom is -0.492 e. The smallest absolute Gasteiger partial charge is 0.325 e. The van der Waals surface area contributed by atoms with Gasteiger partial charge >= 0.3 is 6.03 Å². The van der Waals surface area contributed by atoms with Crippen molar-refractivity contribution in [1.82, 2.24) is 15.1 Å². The Balaban J connectivity index is 1.57. The molecule has 158 valence electrons. The highest BCUT2D eigenvalue weighted by atomic mass is 19.1. The molecule has 0 aromatic heterocycles. The summed E-state index contributed by atoms with van der Waals surface area (Å²) < 4.78 is 31.5. The fourth-order valence-electron chi connectivity index (χ4n) is 3.03. The zero-order valence-electron chi connectivity index (χ0n) is 16.5. The van der Waals surface area contributed by atoms with Crippen molar-refractivity contribution in [3.63, 3.8) is 0 Å². The van der Waals surface area contributed by atoms with Gasteiger partial charge in [-0.25, -0.2) is 13.6 Å². The molecule has 2 aromatic carbocycles. The molecule has 7 nitrogen and oxygen atoms in total. The van der Waals surface area contributed by atoms with Crippen molar-refractivity contribution in [2.45, 2.75) is 12.5 Å². The third-order valence-corrected chi connectivity index (χ3v) is 4.92. The number of ether oxygens (including phenoxy) is 1. The van der Waals surface area contributed by atoms with Crippen LogP contribution in [0.5, 0.6) is 5.75 Å². The minimum atomic E-state index is -1.38. The zero-order chi connectivity index (χ0) is 21.9. The van der Waals surface area contributed by atoms with Crippen LogP contribution in [-0.2, 0) is 15.1 Å². The summed E-state index contributed by atoms with van der Waals surface area (Å²) in [5.41, 5.74) is -0.965. The molecule has 9 heteroatoms. The molecule has 1 atom stereocenters. The monoisotopic (exact) mass is 417 g/mol. The molecule has 1 N–H and O–H groups in total. The first-order valence-electron chi connectivity index (χ1n) is 9.23. The molecular weight excluding hydrogens is 396 g/mol. The number of likely N-dealkylation sites (N-methyl/N-ethyl adjacent to an activating group) is 1. The van der Waals surface area contributed by atoms with Gasteiger partial charge in [0, 0.05) is 7.05 Å². The fraction of sp³-hybridized carbons (Fsp3) is 0.286. The first kappa shape index (κ1) is 21.2. The van der Waals surface area contributed by atoms with E-state index in [-0.39, 0.29) is 19.0 Å². The number of nitrogens with one attached hydrogen (secondary N) is 1. The molecular formula is C21H21F2N3O4. The molecule has 0 unspecified atom stereocenters. The predicted molar refractivity (Wildman–Crippen MR) is 104 cm³/mol. The number of carbonyl (C=O) groups is 3. The Kier molecular flexibility index (Phi) is 6.00. The minimum absolute atomic E-state index is 0.154. The molecule has 1 fully saturated rings. The van der Waals surface area contributed by atoms with Gasteiger partial charge in [-0.3, -0.25) is 14.5 Å². The lowest BCUT2D eigenvalue weighted by Gasteiger charge is -2.23. The van der Waals surface area contributed by atoms with Crippen molar-refractivity contribution in [3.8, 4) is 5.75 Å². The first-order chi connectivity index (χ1) is 14.2. The Bertz CT molecular complexity index is 950. The Morgan fingerprint density at radius 1 is 1.07 bits per heavy atom. The molecule has 0 bridgehead atoms. The van der Waals surface area contributed by atoms with Crippen molar-refractivity contribution in [3.05, 3.63) is 65.7 Å². The average Bonchev–Trinajstić information content (AvgIpc) is 2.93. The van der Waals surface area contributed by atoms with Crippen LogP contribution in [0.1, 0.15) is 12.5 Å². The summed E-state index contributed by atoms with van der Waals surface area (Å²) in [5.74, 6) is -1.43. The van der Waals surface area contributed by atoms with Crippen LogP contribution in [0, 0.1) is 11.6 Å². The second-order valence-corrected chi connectivity index (χ2v) is 7.07. The van der Waals surface area contributed by atoms with E-state index in [1.54, 1.807) is 0 Å². The molecule has 1 heterocycles. The molecule has 0 saturated carbocycles. The van der Waals surface area contributed by atoms with E-state index in [2.05, 4.69) is 5.32 Å². The number of nitrogens with zero attached hydrogens (tertiary/aromatic N) is 2. The Morgan fingerprint density at radius 2 is 1.63 bits per heavy atom. The molecule has 30 heavy (non-hydrogen) atoms. The maximum absolute atomic E-state index is 13.2. The topological polar surface area (TPSA) is 79.0 Å². The van der Waals surface area contributed by atoms with Gasteiger partial charge in [-0.1, -0.05) is 12.1 Å².